The normalized spacial score (nSPS) is 12.1. The van der Waals surface area contributed by atoms with E-state index >= 15 is 0 Å². The van der Waals surface area contributed by atoms with Crippen LogP contribution in [0.1, 0.15) is 0 Å². The van der Waals surface area contributed by atoms with Crippen LogP contribution in [-0.4, -0.2) is 19.5 Å². The first kappa shape index (κ1) is 32.4. The second-order valence-corrected chi connectivity index (χ2v) is 16.2. The maximum Gasteiger partial charge on any atom is 0.167 e. The first-order valence-corrected chi connectivity index (χ1v) is 20.6. The Balaban J connectivity index is 1.13. The lowest BCUT2D eigenvalue weighted by Crippen LogP contribution is -2.02. The van der Waals surface area contributed by atoms with Gasteiger partial charge >= 0.3 is 0 Å². The van der Waals surface area contributed by atoms with E-state index in [1.807, 2.05) is 12.1 Å². The number of rotatable bonds is 4. The summed E-state index contributed by atoms with van der Waals surface area (Å²) >= 11 is 1.79. The minimum Gasteiger partial charge on any atom is -0.455 e. The van der Waals surface area contributed by atoms with Gasteiger partial charge in [0.1, 0.15) is 11.2 Å². The number of hydrogen-bond donors (Lipinski definition) is 0. The number of para-hydroxylation sites is 2. The summed E-state index contributed by atoms with van der Waals surface area (Å²) in [5, 5.41) is 11.4. The number of aromatic nitrogens is 4. The third kappa shape index (κ3) is 4.81. The van der Waals surface area contributed by atoms with Crippen LogP contribution in [0.15, 0.2) is 186 Å². The topological polar surface area (TPSA) is 56.7 Å². The second kappa shape index (κ2) is 12.4. The smallest absolute Gasteiger partial charge is 0.167 e. The molecule has 274 valence electrons. The lowest BCUT2D eigenvalue weighted by atomic mass is 10.0. The fraction of sp³-hybridized carbons (Fsp3) is 0. The fourth-order valence-corrected chi connectivity index (χ4v) is 10.3. The van der Waals surface area contributed by atoms with Gasteiger partial charge < -0.3 is 8.98 Å². The maximum atomic E-state index is 6.94. The molecule has 6 heteroatoms. The zero-order valence-corrected chi connectivity index (χ0v) is 32.2. The number of thiophene rings is 1. The zero-order valence-electron chi connectivity index (χ0n) is 31.4. The Morgan fingerprint density at radius 2 is 1.00 bits per heavy atom. The minimum absolute atomic E-state index is 0.554. The van der Waals surface area contributed by atoms with Crippen LogP contribution < -0.4 is 0 Å². The summed E-state index contributed by atoms with van der Waals surface area (Å²) in [6, 6.07) is 64.3. The Bertz CT molecular complexity index is 3870. The van der Waals surface area contributed by atoms with Gasteiger partial charge in [0.2, 0.25) is 0 Å². The van der Waals surface area contributed by atoms with Gasteiger partial charge in [-0.25, -0.2) is 15.0 Å². The number of hydrogen-bond acceptors (Lipinski definition) is 5. The molecule has 0 radical (unpaired) electrons. The predicted molar refractivity (Wildman–Crippen MR) is 246 cm³/mol. The molecule has 4 heterocycles. The predicted octanol–water partition coefficient (Wildman–Crippen LogP) is 14.5. The van der Waals surface area contributed by atoms with Crippen molar-refractivity contribution in [2.75, 3.05) is 0 Å². The van der Waals surface area contributed by atoms with Crippen molar-refractivity contribution in [1.29, 1.82) is 0 Å². The van der Waals surface area contributed by atoms with Gasteiger partial charge in [0, 0.05) is 47.5 Å². The monoisotopic (exact) mass is 770 g/mol. The van der Waals surface area contributed by atoms with Crippen LogP contribution in [0.4, 0.5) is 0 Å². The molecule has 0 N–H and O–H groups in total. The summed E-state index contributed by atoms with van der Waals surface area (Å²) in [7, 11) is 0. The molecule has 5 nitrogen and oxygen atoms in total. The van der Waals surface area contributed by atoms with Gasteiger partial charge in [-0.2, -0.15) is 0 Å². The van der Waals surface area contributed by atoms with Crippen molar-refractivity contribution in [1.82, 2.24) is 19.5 Å². The van der Waals surface area contributed by atoms with Crippen molar-refractivity contribution in [3.63, 3.8) is 0 Å². The van der Waals surface area contributed by atoms with Crippen LogP contribution in [0.25, 0.3) is 125 Å². The summed E-state index contributed by atoms with van der Waals surface area (Å²) in [5.74, 6) is 1.79. The Kier molecular flexibility index (Phi) is 6.82. The standard InChI is InChI=1S/C53H30N4OS/c1-2-15-33-30-44-41(29-32(33)14-1)35-18-5-8-23-42(35)57(44)43-28-27-40(50-49(43)37-19-6-9-24-45(37)58-50)53-55-51(36-21-11-16-31-13-3-4-17-34(31)36)54-52(56-53)39-22-12-26-47-48(39)38-20-7-10-25-46(38)59-47/h1-30H. The van der Waals surface area contributed by atoms with E-state index in [2.05, 4.69) is 174 Å². The number of fused-ring (bicyclic) bond motifs is 11. The van der Waals surface area contributed by atoms with E-state index in [-0.39, 0.29) is 0 Å². The van der Waals surface area contributed by atoms with Crippen molar-refractivity contribution in [2.24, 2.45) is 0 Å². The summed E-state index contributed by atoms with van der Waals surface area (Å²) in [4.78, 5) is 16.0. The first-order chi connectivity index (χ1) is 29.2. The molecule has 0 atom stereocenters. The van der Waals surface area contributed by atoms with E-state index in [1.165, 1.54) is 36.3 Å². The molecule has 4 aromatic heterocycles. The molecule has 9 aromatic carbocycles. The third-order valence-corrected chi connectivity index (χ3v) is 13.0. The van der Waals surface area contributed by atoms with Gasteiger partial charge in [0.05, 0.1) is 27.7 Å². The van der Waals surface area contributed by atoms with Crippen molar-refractivity contribution in [3.05, 3.63) is 182 Å². The molecule has 0 aliphatic carbocycles. The Morgan fingerprint density at radius 1 is 0.390 bits per heavy atom. The molecule has 13 aromatic rings. The molecule has 0 saturated carbocycles. The number of furan rings is 1. The summed E-state index contributed by atoms with van der Waals surface area (Å²) in [6.45, 7) is 0. The van der Waals surface area contributed by atoms with Crippen LogP contribution in [0.5, 0.6) is 0 Å². The molecule has 0 unspecified atom stereocenters. The van der Waals surface area contributed by atoms with Gasteiger partial charge in [-0.05, 0) is 70.1 Å². The molecule has 59 heavy (non-hydrogen) atoms. The third-order valence-electron chi connectivity index (χ3n) is 11.8. The van der Waals surface area contributed by atoms with Gasteiger partial charge in [0.25, 0.3) is 0 Å². The van der Waals surface area contributed by atoms with Gasteiger partial charge in [0.15, 0.2) is 17.5 Å². The van der Waals surface area contributed by atoms with E-state index in [4.69, 9.17) is 19.4 Å². The van der Waals surface area contributed by atoms with E-state index in [9.17, 15) is 0 Å². The van der Waals surface area contributed by atoms with Crippen molar-refractivity contribution in [2.45, 2.75) is 0 Å². The van der Waals surface area contributed by atoms with Crippen LogP contribution in [-0.2, 0) is 0 Å². The zero-order chi connectivity index (χ0) is 38.6. The average molecular weight is 771 g/mol. The highest BCUT2D eigenvalue weighted by Crippen LogP contribution is 2.44. The summed E-state index contributed by atoms with van der Waals surface area (Å²) in [5.41, 5.74) is 7.57. The quantitative estimate of drug-likeness (QED) is 0.179. The molecule has 13 rings (SSSR count). The highest BCUT2D eigenvalue weighted by molar-refractivity contribution is 7.25. The first-order valence-electron chi connectivity index (χ1n) is 19.8. The SMILES string of the molecule is c1ccc2cc3c(cc2c1)c1ccccc1n3-c1ccc(-c2nc(-c3cccc4ccccc34)nc(-c3cccc4sc5ccccc5c34)n2)c2oc3ccccc3c12. The molecule has 0 aliphatic heterocycles. The van der Waals surface area contributed by atoms with Gasteiger partial charge in [-0.1, -0.05) is 133 Å². The van der Waals surface area contributed by atoms with E-state index in [0.29, 0.717) is 17.5 Å². The lowest BCUT2D eigenvalue weighted by molar-refractivity contribution is 0.669. The van der Waals surface area contributed by atoms with E-state index < -0.39 is 0 Å². The fourth-order valence-electron chi connectivity index (χ4n) is 9.21. The highest BCUT2D eigenvalue weighted by atomic mass is 32.1. The average Bonchev–Trinajstić information content (AvgIpc) is 3.97. The van der Waals surface area contributed by atoms with Crippen molar-refractivity contribution < 1.29 is 4.42 Å². The number of nitrogens with zero attached hydrogens (tertiary/aromatic N) is 4. The summed E-state index contributed by atoms with van der Waals surface area (Å²) in [6.07, 6.45) is 0. The van der Waals surface area contributed by atoms with Crippen molar-refractivity contribution in [3.8, 4) is 39.9 Å². The highest BCUT2D eigenvalue weighted by Gasteiger charge is 2.24. The number of benzene rings is 9. The van der Waals surface area contributed by atoms with Gasteiger partial charge in [-0.15, -0.1) is 11.3 Å². The van der Waals surface area contributed by atoms with Crippen LogP contribution in [0.2, 0.25) is 0 Å². The largest absolute Gasteiger partial charge is 0.455 e. The minimum atomic E-state index is 0.554. The summed E-state index contributed by atoms with van der Waals surface area (Å²) < 4.78 is 11.8. The van der Waals surface area contributed by atoms with Crippen LogP contribution in [0, 0.1) is 0 Å². The molecule has 0 aliphatic rings. The van der Waals surface area contributed by atoms with Crippen molar-refractivity contribution >= 4 is 96.8 Å². The Hall–Kier alpha value is -7.67. The molecule has 0 fully saturated rings. The Labute approximate surface area is 341 Å². The second-order valence-electron chi connectivity index (χ2n) is 15.1. The lowest BCUT2D eigenvalue weighted by Gasteiger charge is -2.14. The van der Waals surface area contributed by atoms with Crippen LogP contribution in [0.3, 0.4) is 0 Å². The molecule has 0 saturated heterocycles. The molecule has 0 bridgehead atoms. The molecule has 0 spiro atoms. The molecular weight excluding hydrogens is 741 g/mol. The van der Waals surface area contributed by atoms with Gasteiger partial charge in [-0.3, -0.25) is 0 Å². The van der Waals surface area contributed by atoms with E-state index in [0.717, 1.165) is 71.5 Å². The maximum absolute atomic E-state index is 6.94. The molecular formula is C53H30N4OS. The van der Waals surface area contributed by atoms with Crippen LogP contribution >= 0.6 is 11.3 Å². The Morgan fingerprint density at radius 3 is 1.86 bits per heavy atom. The van der Waals surface area contributed by atoms with E-state index in [1.54, 1.807) is 11.3 Å². The molecule has 0 amide bonds.